The Balaban J connectivity index is 2.14. The topological polar surface area (TPSA) is 29.3 Å². The van der Waals surface area contributed by atoms with Crippen LogP contribution in [0.3, 0.4) is 0 Å². The van der Waals surface area contributed by atoms with Gasteiger partial charge in [-0.2, -0.15) is 0 Å². The predicted molar refractivity (Wildman–Crippen MR) is 37.9 cm³/mol. The third-order valence-electron chi connectivity index (χ3n) is 1.75. The molecule has 0 aliphatic carbocycles. The van der Waals surface area contributed by atoms with Crippen LogP contribution in [-0.4, -0.2) is 30.6 Å². The van der Waals surface area contributed by atoms with Crippen molar-refractivity contribution >= 4 is 0 Å². The molecule has 1 rings (SSSR count). The Labute approximate surface area is 57.0 Å². The van der Waals surface area contributed by atoms with E-state index in [0.717, 1.165) is 32.5 Å². The van der Waals surface area contributed by atoms with Gasteiger partial charge in [-0.3, -0.25) is 0 Å². The van der Waals surface area contributed by atoms with Crippen molar-refractivity contribution in [2.24, 2.45) is 5.73 Å². The molecule has 2 radical (unpaired) electrons. The molecule has 1 saturated heterocycles. The summed E-state index contributed by atoms with van der Waals surface area (Å²) in [6, 6.07) is 0.400. The molecule has 0 aromatic carbocycles. The molecule has 0 spiro atoms. The normalized spacial score (nSPS) is 29.3. The maximum absolute atomic E-state index is 5.67. The molecule has 52 valence electrons. The van der Waals surface area contributed by atoms with Crippen molar-refractivity contribution in [3.63, 3.8) is 0 Å². The highest BCUT2D eigenvalue weighted by Gasteiger charge is 2.16. The highest BCUT2D eigenvalue weighted by molar-refractivity contribution is 4.77. The smallest absolute Gasteiger partial charge is 0.0180 e. The van der Waals surface area contributed by atoms with Crippen molar-refractivity contribution < 1.29 is 0 Å². The zero-order chi connectivity index (χ0) is 6.69. The molecular weight excluding hydrogens is 112 g/mol. The molecule has 0 amide bonds. The Bertz CT molecular complexity index is 81.0. The summed E-state index contributed by atoms with van der Waals surface area (Å²) in [5.74, 6) is 0. The lowest BCUT2D eigenvalue weighted by Crippen LogP contribution is -2.26. The third kappa shape index (κ3) is 1.95. The quantitative estimate of drug-likeness (QED) is 0.569. The van der Waals surface area contributed by atoms with Crippen molar-refractivity contribution in [3.05, 3.63) is 6.92 Å². The van der Waals surface area contributed by atoms with E-state index in [9.17, 15) is 0 Å². The molecule has 0 unspecified atom stereocenters. The Hall–Kier alpha value is -0.0800. The largest absolute Gasteiger partial charge is 0.326 e. The van der Waals surface area contributed by atoms with E-state index >= 15 is 0 Å². The lowest BCUT2D eigenvalue weighted by atomic mass is 10.3. The van der Waals surface area contributed by atoms with E-state index in [1.165, 1.54) is 0 Å². The van der Waals surface area contributed by atoms with E-state index in [1.807, 2.05) is 0 Å². The number of nitrogens with two attached hydrogens (primary N) is 1. The summed E-state index contributed by atoms with van der Waals surface area (Å²) in [5, 5.41) is 0. The van der Waals surface area contributed by atoms with E-state index in [1.54, 1.807) is 0 Å². The molecule has 0 aromatic rings. The number of nitrogens with zero attached hydrogens (tertiary/aromatic N) is 1. The zero-order valence-electron chi connectivity index (χ0n) is 5.71. The zero-order valence-corrected chi connectivity index (χ0v) is 5.71. The molecule has 1 fully saturated rings. The van der Waals surface area contributed by atoms with Crippen molar-refractivity contribution in [3.8, 4) is 0 Å². The molecule has 2 nitrogen and oxygen atoms in total. The van der Waals surface area contributed by atoms with Gasteiger partial charge in [0.15, 0.2) is 0 Å². The first-order chi connectivity index (χ1) is 4.33. The van der Waals surface area contributed by atoms with Crippen LogP contribution in [0.4, 0.5) is 0 Å². The summed E-state index contributed by atoms with van der Waals surface area (Å²) < 4.78 is 0. The van der Waals surface area contributed by atoms with Crippen LogP contribution in [0.1, 0.15) is 12.8 Å². The van der Waals surface area contributed by atoms with E-state index in [4.69, 9.17) is 12.7 Å². The van der Waals surface area contributed by atoms with Crippen LogP contribution in [0.25, 0.3) is 0 Å². The first kappa shape index (κ1) is 7.03. The Morgan fingerprint density at radius 3 is 2.89 bits per heavy atom. The molecule has 1 aliphatic heterocycles. The van der Waals surface area contributed by atoms with Crippen LogP contribution in [0.5, 0.6) is 0 Å². The molecule has 2 N–H and O–H groups in total. The lowest BCUT2D eigenvalue weighted by molar-refractivity contribution is 0.341. The van der Waals surface area contributed by atoms with Gasteiger partial charge in [-0.1, -0.05) is 0 Å². The van der Waals surface area contributed by atoms with Crippen LogP contribution < -0.4 is 5.73 Å². The van der Waals surface area contributed by atoms with Gasteiger partial charge in [-0.25, -0.2) is 0 Å². The molecule has 1 heterocycles. The molecule has 1 aliphatic rings. The van der Waals surface area contributed by atoms with E-state index in [2.05, 4.69) is 4.90 Å². The average Bonchev–Trinajstić information content (AvgIpc) is 2.17. The van der Waals surface area contributed by atoms with Gasteiger partial charge in [0, 0.05) is 12.6 Å². The summed E-state index contributed by atoms with van der Waals surface area (Å²) >= 11 is 0. The number of hydrogen-bond acceptors (Lipinski definition) is 2. The summed E-state index contributed by atoms with van der Waals surface area (Å²) in [7, 11) is 0. The fraction of sp³-hybridized carbons (Fsp3) is 0.857. The molecule has 0 aromatic heterocycles. The van der Waals surface area contributed by atoms with Crippen LogP contribution >= 0.6 is 0 Å². The standard InChI is InChI=1S/C7H14N2/c1-2-4-9-5-3-7(8)6-9/h1,7H,2-6,8H2/t7-/m1/s1. The first-order valence-corrected chi connectivity index (χ1v) is 3.51. The lowest BCUT2D eigenvalue weighted by Gasteiger charge is -2.12. The highest BCUT2D eigenvalue weighted by Crippen LogP contribution is 2.05. The monoisotopic (exact) mass is 126 g/mol. The van der Waals surface area contributed by atoms with E-state index < -0.39 is 0 Å². The minimum Gasteiger partial charge on any atom is -0.326 e. The maximum Gasteiger partial charge on any atom is 0.0180 e. The minimum atomic E-state index is 0.400. The number of rotatable bonds is 2. The number of likely N-dealkylation sites (tertiary alicyclic amines) is 1. The minimum absolute atomic E-state index is 0.400. The van der Waals surface area contributed by atoms with E-state index in [-0.39, 0.29) is 0 Å². The van der Waals surface area contributed by atoms with Crippen LogP contribution in [0.15, 0.2) is 0 Å². The van der Waals surface area contributed by atoms with Gasteiger partial charge in [0.2, 0.25) is 0 Å². The van der Waals surface area contributed by atoms with Crippen LogP contribution in [0.2, 0.25) is 0 Å². The average molecular weight is 126 g/mol. The first-order valence-electron chi connectivity index (χ1n) is 3.51. The second kappa shape index (κ2) is 3.18. The maximum atomic E-state index is 5.67. The van der Waals surface area contributed by atoms with Crippen LogP contribution in [-0.2, 0) is 0 Å². The van der Waals surface area contributed by atoms with Crippen LogP contribution in [0, 0.1) is 6.92 Å². The fourth-order valence-corrected chi connectivity index (χ4v) is 1.25. The molecule has 1 atom stereocenters. The molecule has 9 heavy (non-hydrogen) atoms. The predicted octanol–water partition coefficient (Wildman–Crippen LogP) is 0.121. The van der Waals surface area contributed by atoms with Gasteiger partial charge in [-0.05, 0) is 32.9 Å². The number of hydrogen-bond donors (Lipinski definition) is 1. The second-order valence-electron chi connectivity index (χ2n) is 2.64. The summed E-state index contributed by atoms with van der Waals surface area (Å²) in [5.41, 5.74) is 5.67. The van der Waals surface area contributed by atoms with Gasteiger partial charge in [0.25, 0.3) is 0 Å². The van der Waals surface area contributed by atoms with Crippen molar-refractivity contribution in [2.45, 2.75) is 18.9 Å². The Kier molecular flexibility index (Phi) is 2.49. The summed E-state index contributed by atoms with van der Waals surface area (Å²) in [4.78, 5) is 2.31. The van der Waals surface area contributed by atoms with Gasteiger partial charge < -0.3 is 10.6 Å². The van der Waals surface area contributed by atoms with Gasteiger partial charge in [-0.15, -0.1) is 0 Å². The fourth-order valence-electron chi connectivity index (χ4n) is 1.25. The highest BCUT2D eigenvalue weighted by atomic mass is 15.2. The molecule has 2 heteroatoms. The Morgan fingerprint density at radius 1 is 1.67 bits per heavy atom. The third-order valence-corrected chi connectivity index (χ3v) is 1.75. The van der Waals surface area contributed by atoms with Gasteiger partial charge >= 0.3 is 0 Å². The van der Waals surface area contributed by atoms with E-state index in [0.29, 0.717) is 6.04 Å². The molecule has 0 bridgehead atoms. The summed E-state index contributed by atoms with van der Waals surface area (Å²) in [6.45, 7) is 8.56. The molecular formula is C7H14N2. The van der Waals surface area contributed by atoms with Crippen molar-refractivity contribution in [1.29, 1.82) is 0 Å². The molecule has 0 saturated carbocycles. The second-order valence-corrected chi connectivity index (χ2v) is 2.64. The SMILES string of the molecule is [CH]CCN1CC[C@@H](N)C1. The summed E-state index contributed by atoms with van der Waals surface area (Å²) in [6.07, 6.45) is 1.90. The van der Waals surface area contributed by atoms with Crippen molar-refractivity contribution in [1.82, 2.24) is 4.90 Å². The van der Waals surface area contributed by atoms with Gasteiger partial charge in [0.1, 0.15) is 0 Å². The van der Waals surface area contributed by atoms with Gasteiger partial charge in [0.05, 0.1) is 0 Å². The Morgan fingerprint density at radius 2 is 2.44 bits per heavy atom. The van der Waals surface area contributed by atoms with Crippen molar-refractivity contribution in [2.75, 3.05) is 19.6 Å².